The van der Waals surface area contributed by atoms with Gasteiger partial charge < -0.3 is 4.74 Å². The highest BCUT2D eigenvalue weighted by atomic mass is 32.2. The van der Waals surface area contributed by atoms with E-state index in [9.17, 15) is 8.42 Å². The van der Waals surface area contributed by atoms with Gasteiger partial charge in [-0.25, -0.2) is 8.42 Å². The highest BCUT2D eigenvalue weighted by Crippen LogP contribution is 2.38. The molecule has 1 aromatic heterocycles. The van der Waals surface area contributed by atoms with Crippen LogP contribution in [0.25, 0.3) is 0 Å². The van der Waals surface area contributed by atoms with Crippen LogP contribution in [-0.2, 0) is 14.6 Å². The van der Waals surface area contributed by atoms with E-state index in [1.807, 2.05) is 13.0 Å². The lowest BCUT2D eigenvalue weighted by molar-refractivity contribution is 0.0810. The molecule has 3 nitrogen and oxygen atoms in total. The first-order valence-corrected chi connectivity index (χ1v) is 7.86. The molecule has 0 amide bonds. The van der Waals surface area contributed by atoms with Gasteiger partial charge in [0, 0.05) is 4.88 Å². The third-order valence-electron chi connectivity index (χ3n) is 2.74. The standard InChI is InChI=1S/C11H16O3S2/c1-7(2)9-6-10-11(15-9)8(3)14-4-5-16(10,12)13/h6-8H,4-5H2,1-3H3. The van der Waals surface area contributed by atoms with Crippen molar-refractivity contribution in [1.82, 2.24) is 0 Å². The van der Waals surface area contributed by atoms with Crippen molar-refractivity contribution in [2.24, 2.45) is 0 Å². The Morgan fingerprint density at radius 1 is 1.50 bits per heavy atom. The number of hydrogen-bond acceptors (Lipinski definition) is 4. The van der Waals surface area contributed by atoms with Crippen LogP contribution in [-0.4, -0.2) is 20.8 Å². The number of sulfone groups is 1. The van der Waals surface area contributed by atoms with Crippen LogP contribution < -0.4 is 0 Å². The van der Waals surface area contributed by atoms with E-state index in [1.165, 1.54) is 0 Å². The monoisotopic (exact) mass is 260 g/mol. The molecule has 16 heavy (non-hydrogen) atoms. The zero-order valence-electron chi connectivity index (χ0n) is 9.69. The van der Waals surface area contributed by atoms with E-state index in [1.54, 1.807) is 11.3 Å². The predicted octanol–water partition coefficient (Wildman–Crippen LogP) is 2.74. The minimum Gasteiger partial charge on any atom is -0.372 e. The molecule has 2 heterocycles. The third-order valence-corrected chi connectivity index (χ3v) is 6.18. The molecule has 0 saturated heterocycles. The maximum atomic E-state index is 12.0. The Bertz CT molecular complexity index is 485. The number of fused-ring (bicyclic) bond motifs is 1. The molecule has 0 bridgehead atoms. The molecule has 5 heteroatoms. The normalized spacial score (nSPS) is 24.1. The first-order valence-electron chi connectivity index (χ1n) is 5.40. The fourth-order valence-electron chi connectivity index (χ4n) is 1.74. The molecule has 1 atom stereocenters. The van der Waals surface area contributed by atoms with Gasteiger partial charge in [-0.15, -0.1) is 11.3 Å². The van der Waals surface area contributed by atoms with E-state index in [-0.39, 0.29) is 11.9 Å². The molecule has 0 aromatic carbocycles. The molecule has 2 rings (SSSR count). The minimum absolute atomic E-state index is 0.0958. The largest absolute Gasteiger partial charge is 0.372 e. The summed E-state index contributed by atoms with van der Waals surface area (Å²) in [5.41, 5.74) is 0. The Morgan fingerprint density at radius 3 is 2.81 bits per heavy atom. The quantitative estimate of drug-likeness (QED) is 0.780. The van der Waals surface area contributed by atoms with Gasteiger partial charge in [-0.1, -0.05) is 13.8 Å². The molecule has 1 aliphatic heterocycles. The highest BCUT2D eigenvalue weighted by Gasteiger charge is 2.29. The van der Waals surface area contributed by atoms with E-state index in [4.69, 9.17) is 4.74 Å². The fourth-order valence-corrected chi connectivity index (χ4v) is 4.69. The van der Waals surface area contributed by atoms with Gasteiger partial charge in [0.2, 0.25) is 0 Å². The molecule has 0 fully saturated rings. The van der Waals surface area contributed by atoms with Crippen LogP contribution in [0, 0.1) is 0 Å². The molecule has 1 aliphatic rings. The molecule has 0 radical (unpaired) electrons. The minimum atomic E-state index is -3.14. The van der Waals surface area contributed by atoms with Crippen molar-refractivity contribution < 1.29 is 13.2 Å². The molecule has 90 valence electrons. The summed E-state index contributed by atoms with van der Waals surface area (Å²) in [6.07, 6.45) is -0.107. The van der Waals surface area contributed by atoms with E-state index in [2.05, 4.69) is 13.8 Å². The second-order valence-corrected chi connectivity index (χ2v) is 7.56. The lowest BCUT2D eigenvalue weighted by atomic mass is 10.2. The Hall–Kier alpha value is -0.390. The van der Waals surface area contributed by atoms with Crippen molar-refractivity contribution in [2.75, 3.05) is 12.4 Å². The van der Waals surface area contributed by atoms with Crippen LogP contribution >= 0.6 is 11.3 Å². The van der Waals surface area contributed by atoms with Crippen LogP contribution in [0.2, 0.25) is 0 Å². The smallest absolute Gasteiger partial charge is 0.181 e. The van der Waals surface area contributed by atoms with Crippen molar-refractivity contribution in [3.63, 3.8) is 0 Å². The Balaban J connectivity index is 2.59. The Labute approximate surface area is 100 Å². The first-order chi connectivity index (χ1) is 7.42. The van der Waals surface area contributed by atoms with Crippen molar-refractivity contribution in [3.05, 3.63) is 15.8 Å². The van der Waals surface area contributed by atoms with Crippen molar-refractivity contribution >= 4 is 21.2 Å². The molecule has 0 aliphatic carbocycles. The molecular formula is C11H16O3S2. The summed E-state index contributed by atoms with van der Waals surface area (Å²) in [5.74, 6) is 0.456. The topological polar surface area (TPSA) is 43.4 Å². The van der Waals surface area contributed by atoms with Crippen molar-refractivity contribution in [3.8, 4) is 0 Å². The summed E-state index contributed by atoms with van der Waals surface area (Å²) < 4.78 is 29.5. The van der Waals surface area contributed by atoms with Gasteiger partial charge in [0.15, 0.2) is 9.84 Å². The van der Waals surface area contributed by atoms with E-state index >= 15 is 0 Å². The van der Waals surface area contributed by atoms with E-state index in [0.717, 1.165) is 9.75 Å². The lowest BCUT2D eigenvalue weighted by Crippen LogP contribution is -2.08. The van der Waals surface area contributed by atoms with Gasteiger partial charge in [0.25, 0.3) is 0 Å². The second-order valence-electron chi connectivity index (χ2n) is 4.36. The van der Waals surface area contributed by atoms with E-state index in [0.29, 0.717) is 17.4 Å². The van der Waals surface area contributed by atoms with Crippen LogP contribution in [0.5, 0.6) is 0 Å². The van der Waals surface area contributed by atoms with Crippen LogP contribution in [0.15, 0.2) is 11.0 Å². The average Bonchev–Trinajstić information content (AvgIpc) is 2.58. The summed E-state index contributed by atoms with van der Waals surface area (Å²) in [5, 5.41) is 0. The summed E-state index contributed by atoms with van der Waals surface area (Å²) in [6, 6.07) is 1.82. The highest BCUT2D eigenvalue weighted by molar-refractivity contribution is 7.91. The molecule has 1 unspecified atom stereocenters. The molecule has 1 aromatic rings. The molecule has 0 spiro atoms. The summed E-state index contributed by atoms with van der Waals surface area (Å²) >= 11 is 1.56. The molecule has 0 N–H and O–H groups in total. The van der Waals surface area contributed by atoms with Crippen LogP contribution in [0.4, 0.5) is 0 Å². The van der Waals surface area contributed by atoms with Crippen molar-refractivity contribution in [1.29, 1.82) is 0 Å². The Kier molecular flexibility index (Phi) is 3.11. The second kappa shape index (κ2) is 4.13. The summed E-state index contributed by atoms with van der Waals surface area (Å²) in [6.45, 7) is 6.36. The summed E-state index contributed by atoms with van der Waals surface area (Å²) in [7, 11) is -3.14. The SMILES string of the molecule is CC(C)c1cc2c(s1)C(C)OCCS2(=O)=O. The van der Waals surface area contributed by atoms with Crippen molar-refractivity contribution in [2.45, 2.75) is 37.7 Å². The maximum Gasteiger partial charge on any atom is 0.181 e. The number of rotatable bonds is 1. The van der Waals surface area contributed by atoms with Gasteiger partial charge in [-0.3, -0.25) is 0 Å². The van der Waals surface area contributed by atoms with Gasteiger partial charge in [-0.05, 0) is 18.9 Å². The molecule has 0 saturated carbocycles. The first kappa shape index (κ1) is 12.1. The van der Waals surface area contributed by atoms with Gasteiger partial charge in [0.05, 0.1) is 28.2 Å². The Morgan fingerprint density at radius 2 is 2.19 bits per heavy atom. The zero-order valence-corrected chi connectivity index (χ0v) is 11.3. The predicted molar refractivity (Wildman–Crippen MR) is 64.8 cm³/mol. The lowest BCUT2D eigenvalue weighted by Gasteiger charge is -2.07. The van der Waals surface area contributed by atoms with Gasteiger partial charge in [-0.2, -0.15) is 0 Å². The maximum absolute atomic E-state index is 12.0. The number of hydrogen-bond donors (Lipinski definition) is 0. The zero-order chi connectivity index (χ0) is 11.9. The van der Waals surface area contributed by atoms with Crippen LogP contribution in [0.1, 0.15) is 42.5 Å². The van der Waals surface area contributed by atoms with Gasteiger partial charge >= 0.3 is 0 Å². The third kappa shape index (κ3) is 2.04. The van der Waals surface area contributed by atoms with E-state index < -0.39 is 9.84 Å². The van der Waals surface area contributed by atoms with Gasteiger partial charge in [0.1, 0.15) is 0 Å². The van der Waals surface area contributed by atoms with Crippen LogP contribution in [0.3, 0.4) is 0 Å². The number of ether oxygens (including phenoxy) is 1. The fraction of sp³-hybridized carbons (Fsp3) is 0.636. The average molecular weight is 260 g/mol. The number of thiophene rings is 1. The summed E-state index contributed by atoms with van der Waals surface area (Å²) in [4.78, 5) is 2.47. The molecular weight excluding hydrogens is 244 g/mol.